The Bertz CT molecular complexity index is 1570. The molecule has 1 amide bonds. The van der Waals surface area contributed by atoms with Gasteiger partial charge in [0.1, 0.15) is 16.8 Å². The predicted molar refractivity (Wildman–Crippen MR) is 158 cm³/mol. The molecule has 1 fully saturated rings. The van der Waals surface area contributed by atoms with Gasteiger partial charge in [0, 0.05) is 43.7 Å². The number of aliphatic imine (C=N–C) groups is 1. The second-order valence-corrected chi connectivity index (χ2v) is 10.4. The van der Waals surface area contributed by atoms with Crippen LogP contribution in [0.3, 0.4) is 0 Å². The molecule has 220 valence electrons. The lowest BCUT2D eigenvalue weighted by Gasteiger charge is -2.37. The van der Waals surface area contributed by atoms with E-state index in [9.17, 15) is 4.79 Å². The molecule has 5 rings (SSSR count). The summed E-state index contributed by atoms with van der Waals surface area (Å²) in [6, 6.07) is 21.7. The maximum absolute atomic E-state index is 14.7. The highest BCUT2D eigenvalue weighted by molar-refractivity contribution is 6.01. The minimum Gasteiger partial charge on any atom is -0.494 e. The van der Waals surface area contributed by atoms with Crippen molar-refractivity contribution in [1.82, 2.24) is 14.7 Å². The Balaban J connectivity index is 1.67. The number of benzene rings is 3. The molecule has 1 saturated heterocycles. The van der Waals surface area contributed by atoms with Crippen molar-refractivity contribution >= 4 is 23.2 Å². The number of aliphatic hydroxyl groups excluding tert-OH is 1. The summed E-state index contributed by atoms with van der Waals surface area (Å²) >= 11 is 0. The van der Waals surface area contributed by atoms with Gasteiger partial charge in [0.2, 0.25) is 15.7 Å². The Kier molecular flexibility index (Phi) is 9.43. The van der Waals surface area contributed by atoms with Crippen LogP contribution in [-0.2, 0) is 16.0 Å². The number of amides is 1. The van der Waals surface area contributed by atoms with E-state index in [2.05, 4.69) is 20.1 Å². The van der Waals surface area contributed by atoms with Crippen LogP contribution in [0.25, 0.3) is 0 Å². The standard InChI is InChI=1S/C31H34N8O4/c32-37-35-26-11-4-2-9-23(26)21-31(30(41)39-17-6-1-7-18-39)28(25-10-3-5-12-27(25)36-38-33)43-29(34-31)22-13-15-24(16-14-22)42-20-8-19-40/h2-5,9-16,28,32-33,40H,1,6-8,17-21H2/q+2/t28-,31-/m1/s1. The van der Waals surface area contributed by atoms with Gasteiger partial charge in [-0.25, -0.2) is 4.99 Å². The summed E-state index contributed by atoms with van der Waals surface area (Å²) in [5.74, 6) is 0.750. The molecule has 2 aliphatic rings. The molecule has 0 aliphatic carbocycles. The Morgan fingerprint density at radius 2 is 1.65 bits per heavy atom. The molecule has 0 aromatic heterocycles. The van der Waals surface area contributed by atoms with Gasteiger partial charge < -0.3 is 19.5 Å². The minimum absolute atomic E-state index is 0.0464. The van der Waals surface area contributed by atoms with Gasteiger partial charge in [-0.2, -0.15) is 0 Å². The predicted octanol–water partition coefficient (Wildman–Crippen LogP) is 5.32. The van der Waals surface area contributed by atoms with Crippen LogP contribution in [0.15, 0.2) is 88.0 Å². The van der Waals surface area contributed by atoms with Gasteiger partial charge in [-0.1, -0.05) is 36.4 Å². The van der Waals surface area contributed by atoms with Crippen molar-refractivity contribution in [1.29, 1.82) is 11.1 Å². The van der Waals surface area contributed by atoms with Crippen molar-refractivity contribution in [3.05, 3.63) is 89.5 Å². The lowest BCUT2D eigenvalue weighted by Crippen LogP contribution is -2.53. The van der Waals surface area contributed by atoms with E-state index >= 15 is 0 Å². The lowest BCUT2D eigenvalue weighted by atomic mass is 9.80. The summed E-state index contributed by atoms with van der Waals surface area (Å²) in [6.07, 6.45) is 2.60. The van der Waals surface area contributed by atoms with Crippen molar-refractivity contribution in [2.24, 2.45) is 15.2 Å². The number of ether oxygens (including phenoxy) is 2. The molecule has 3 aromatic rings. The number of nitrogens with zero attached hydrogens (tertiary/aromatic N) is 6. The second-order valence-electron chi connectivity index (χ2n) is 10.4. The molecule has 0 unspecified atom stereocenters. The van der Waals surface area contributed by atoms with E-state index in [1.54, 1.807) is 36.4 Å². The van der Waals surface area contributed by atoms with Crippen LogP contribution >= 0.6 is 0 Å². The van der Waals surface area contributed by atoms with Crippen LogP contribution in [0, 0.1) is 11.1 Å². The van der Waals surface area contributed by atoms with E-state index in [0.29, 0.717) is 59.9 Å². The number of hydrogen-bond acceptors (Lipinski definition) is 9. The molecule has 0 radical (unpaired) electrons. The van der Waals surface area contributed by atoms with Gasteiger partial charge in [0.25, 0.3) is 5.91 Å². The molecule has 12 nitrogen and oxygen atoms in total. The fraction of sp³-hybridized carbons (Fsp3) is 0.355. The van der Waals surface area contributed by atoms with E-state index in [1.165, 1.54) is 0 Å². The molecular weight excluding hydrogens is 548 g/mol. The molecule has 43 heavy (non-hydrogen) atoms. The lowest BCUT2D eigenvalue weighted by molar-refractivity contribution is -0.140. The zero-order chi connectivity index (χ0) is 30.1. The molecule has 3 N–H and O–H groups in total. The van der Waals surface area contributed by atoms with E-state index in [-0.39, 0.29) is 24.8 Å². The third-order valence-electron chi connectivity index (χ3n) is 7.64. The van der Waals surface area contributed by atoms with Crippen molar-refractivity contribution in [2.75, 3.05) is 26.3 Å². The van der Waals surface area contributed by atoms with E-state index in [0.717, 1.165) is 19.3 Å². The zero-order valence-electron chi connectivity index (χ0n) is 23.7. The fourth-order valence-corrected chi connectivity index (χ4v) is 5.57. The number of carbonyl (C=O) groups is 1. The largest absolute Gasteiger partial charge is 0.494 e. The Hall–Kier alpha value is -5.02. The van der Waals surface area contributed by atoms with Crippen LogP contribution in [0.1, 0.15) is 48.5 Å². The summed E-state index contributed by atoms with van der Waals surface area (Å²) in [7, 11) is 0. The number of hydrogen-bond donors (Lipinski definition) is 3. The van der Waals surface area contributed by atoms with E-state index < -0.39 is 11.6 Å². The van der Waals surface area contributed by atoms with Crippen molar-refractivity contribution < 1.29 is 19.4 Å². The molecule has 0 bridgehead atoms. The van der Waals surface area contributed by atoms with Gasteiger partial charge >= 0.3 is 0 Å². The smallest absolute Gasteiger partial charge is 0.255 e. The number of carbonyl (C=O) groups excluding carboxylic acids is 1. The number of aliphatic hydroxyl groups is 1. The third-order valence-corrected chi connectivity index (χ3v) is 7.64. The maximum atomic E-state index is 14.7. The van der Waals surface area contributed by atoms with Crippen LogP contribution in [0.2, 0.25) is 0 Å². The second kappa shape index (κ2) is 13.8. The highest BCUT2D eigenvalue weighted by Gasteiger charge is 2.56. The minimum atomic E-state index is -1.45. The van der Waals surface area contributed by atoms with Gasteiger partial charge in [-0.3, -0.25) is 4.79 Å². The average Bonchev–Trinajstić information content (AvgIpc) is 3.43. The normalized spacial score (nSPS) is 19.4. The van der Waals surface area contributed by atoms with Gasteiger partial charge in [0.05, 0.1) is 6.61 Å². The highest BCUT2D eigenvalue weighted by atomic mass is 16.5. The molecule has 2 atom stereocenters. The average molecular weight is 583 g/mol. The quantitative estimate of drug-likeness (QED) is 0.158. The van der Waals surface area contributed by atoms with Gasteiger partial charge in [0.15, 0.2) is 33.2 Å². The highest BCUT2D eigenvalue weighted by Crippen LogP contribution is 2.47. The number of nitrogens with one attached hydrogen (secondary N) is 2. The molecule has 0 saturated carbocycles. The van der Waals surface area contributed by atoms with Gasteiger partial charge in [-0.15, -0.1) is 0 Å². The van der Waals surface area contributed by atoms with Crippen molar-refractivity contribution in [3.63, 3.8) is 0 Å². The number of likely N-dealkylation sites (tertiary alicyclic amines) is 1. The molecule has 2 aliphatic heterocycles. The maximum Gasteiger partial charge on any atom is 0.255 e. The first-order valence-electron chi connectivity index (χ1n) is 14.3. The first-order chi connectivity index (χ1) is 21.1. The Morgan fingerprint density at radius 1 is 0.977 bits per heavy atom. The fourth-order valence-electron chi connectivity index (χ4n) is 5.57. The van der Waals surface area contributed by atoms with Crippen LogP contribution < -0.4 is 14.6 Å². The summed E-state index contributed by atoms with van der Waals surface area (Å²) in [6.45, 7) is 1.66. The zero-order valence-corrected chi connectivity index (χ0v) is 23.7. The number of piperidine rings is 1. The first-order valence-corrected chi connectivity index (χ1v) is 14.3. The van der Waals surface area contributed by atoms with Crippen LogP contribution in [0.4, 0.5) is 11.4 Å². The summed E-state index contributed by atoms with van der Waals surface area (Å²) in [4.78, 5) is 28.2. The first kappa shape index (κ1) is 29.5. The summed E-state index contributed by atoms with van der Waals surface area (Å²) in [5.41, 5.74) is 16.1. The molecule has 12 heteroatoms. The topological polar surface area (TPSA) is 172 Å². The van der Waals surface area contributed by atoms with Crippen molar-refractivity contribution in [3.8, 4) is 5.75 Å². The number of rotatable bonds is 11. The SMILES string of the molecule is N=[N+]=Nc1ccccc1C[C@@]1(C(=O)N2CCCCC2)N=C(c2ccc(OCCCO)cc2)O[C@@H]1c1ccccc1N=[N+]=N. The molecular formula is C31H34N8O4+2. The Morgan fingerprint density at radius 3 is 2.37 bits per heavy atom. The summed E-state index contributed by atoms with van der Waals surface area (Å²) < 4.78 is 12.3. The monoisotopic (exact) mass is 582 g/mol. The van der Waals surface area contributed by atoms with E-state index in [1.807, 2.05) is 41.3 Å². The van der Waals surface area contributed by atoms with Crippen LogP contribution in [0.5, 0.6) is 5.75 Å². The van der Waals surface area contributed by atoms with Crippen LogP contribution in [-0.4, -0.2) is 53.7 Å². The summed E-state index contributed by atoms with van der Waals surface area (Å²) in [5, 5.41) is 17.1. The molecule has 2 heterocycles. The van der Waals surface area contributed by atoms with Crippen molar-refractivity contribution in [2.45, 2.75) is 43.7 Å². The molecule has 0 spiro atoms. The van der Waals surface area contributed by atoms with E-state index in [4.69, 9.17) is 30.6 Å². The molecule has 3 aromatic carbocycles. The van der Waals surface area contributed by atoms with Gasteiger partial charge in [-0.05, 0) is 61.2 Å². The third kappa shape index (κ3) is 6.42. The Labute approximate surface area is 248 Å².